The molecule has 1 atom stereocenters. The van der Waals surface area contributed by atoms with E-state index in [1.54, 1.807) is 36.4 Å². The number of ketones is 1. The summed E-state index contributed by atoms with van der Waals surface area (Å²) in [5, 5.41) is 0. The van der Waals surface area contributed by atoms with E-state index in [2.05, 4.69) is 4.74 Å². The minimum absolute atomic E-state index is 0.0684. The van der Waals surface area contributed by atoms with Gasteiger partial charge in [-0.2, -0.15) is 0 Å². The number of Topliss-reactive ketones (excluding diaryl/α,β-unsaturated/α-hetero) is 1. The topological polar surface area (TPSA) is 52.6 Å². The summed E-state index contributed by atoms with van der Waals surface area (Å²) in [5.74, 6) is 0.294. The molecular weight excluding hydrogens is 268 g/mol. The summed E-state index contributed by atoms with van der Waals surface area (Å²) in [6, 6.07) is 14.2. The Morgan fingerprint density at radius 2 is 1.86 bits per heavy atom. The van der Waals surface area contributed by atoms with E-state index in [1.165, 1.54) is 7.11 Å². The van der Waals surface area contributed by atoms with E-state index >= 15 is 0 Å². The molecule has 0 saturated carbocycles. The number of methoxy groups -OCH3 is 1. The molecule has 1 aliphatic heterocycles. The fourth-order valence-corrected chi connectivity index (χ4v) is 2.41. The fraction of sp³-hybridized carbons (Fsp3) is 0.176. The highest BCUT2D eigenvalue weighted by atomic mass is 16.5. The second-order valence-electron chi connectivity index (χ2n) is 4.84. The molecule has 0 fully saturated rings. The van der Waals surface area contributed by atoms with E-state index in [0.717, 1.165) is 5.56 Å². The molecule has 0 radical (unpaired) electrons. The molecule has 1 heterocycles. The molecule has 4 heteroatoms. The Labute approximate surface area is 122 Å². The van der Waals surface area contributed by atoms with E-state index in [9.17, 15) is 9.59 Å². The van der Waals surface area contributed by atoms with E-state index in [1.807, 2.05) is 12.1 Å². The molecular formula is C17H14O4. The number of rotatable bonds is 2. The van der Waals surface area contributed by atoms with Gasteiger partial charge in [0, 0.05) is 0 Å². The van der Waals surface area contributed by atoms with Crippen molar-refractivity contribution in [2.45, 2.75) is 12.5 Å². The van der Waals surface area contributed by atoms with Crippen LogP contribution in [0.3, 0.4) is 0 Å². The zero-order valence-electron chi connectivity index (χ0n) is 11.5. The summed E-state index contributed by atoms with van der Waals surface area (Å²) in [4.78, 5) is 23.5. The molecule has 106 valence electrons. The molecule has 0 saturated heterocycles. The van der Waals surface area contributed by atoms with Crippen LogP contribution in [0.5, 0.6) is 5.75 Å². The largest absolute Gasteiger partial charge is 0.484 e. The number of fused-ring (bicyclic) bond motifs is 1. The van der Waals surface area contributed by atoms with Crippen LogP contribution in [0.2, 0.25) is 0 Å². The molecule has 4 nitrogen and oxygen atoms in total. The van der Waals surface area contributed by atoms with Gasteiger partial charge in [0.2, 0.25) is 0 Å². The summed E-state index contributed by atoms with van der Waals surface area (Å²) >= 11 is 0. The monoisotopic (exact) mass is 282 g/mol. The van der Waals surface area contributed by atoms with Gasteiger partial charge in [0.05, 0.1) is 24.7 Å². The molecule has 0 unspecified atom stereocenters. The van der Waals surface area contributed by atoms with Crippen molar-refractivity contribution in [3.05, 3.63) is 65.2 Å². The molecule has 0 spiro atoms. The zero-order valence-corrected chi connectivity index (χ0v) is 11.5. The summed E-state index contributed by atoms with van der Waals surface area (Å²) in [5.41, 5.74) is 1.97. The van der Waals surface area contributed by atoms with Crippen LogP contribution >= 0.6 is 0 Å². The molecule has 0 N–H and O–H groups in total. The predicted octanol–water partition coefficient (Wildman–Crippen LogP) is 3.18. The van der Waals surface area contributed by atoms with Crippen LogP contribution in [0.4, 0.5) is 0 Å². The number of carbonyl (C=O) groups is 2. The van der Waals surface area contributed by atoms with E-state index in [4.69, 9.17) is 4.74 Å². The molecule has 2 aromatic rings. The van der Waals surface area contributed by atoms with Crippen LogP contribution < -0.4 is 4.74 Å². The fourth-order valence-electron chi connectivity index (χ4n) is 2.41. The average molecular weight is 282 g/mol. The summed E-state index contributed by atoms with van der Waals surface area (Å²) in [7, 11) is 1.34. The standard InChI is InChI=1S/C17H14O4/c1-20-17(19)12-8-6-11(7-9-12)16-10-14(18)13-4-2-3-5-15(13)21-16/h2-9,16H,10H2,1H3/t16-/m1/s1. The van der Waals surface area contributed by atoms with E-state index < -0.39 is 0 Å². The SMILES string of the molecule is COC(=O)c1ccc([C@H]2CC(=O)c3ccccc3O2)cc1. The highest BCUT2D eigenvalue weighted by Crippen LogP contribution is 2.34. The maximum absolute atomic E-state index is 12.1. The number of esters is 1. The summed E-state index contributed by atoms with van der Waals surface area (Å²) in [6.45, 7) is 0. The van der Waals surface area contributed by atoms with Crippen molar-refractivity contribution in [2.24, 2.45) is 0 Å². The van der Waals surface area contributed by atoms with Gasteiger partial charge in [-0.25, -0.2) is 4.79 Å². The molecule has 0 amide bonds. The van der Waals surface area contributed by atoms with Gasteiger partial charge < -0.3 is 9.47 Å². The Hall–Kier alpha value is -2.62. The Bertz CT molecular complexity index is 688. The second kappa shape index (κ2) is 5.40. The van der Waals surface area contributed by atoms with Crippen molar-refractivity contribution in [1.82, 2.24) is 0 Å². The van der Waals surface area contributed by atoms with Crippen molar-refractivity contribution < 1.29 is 19.1 Å². The molecule has 21 heavy (non-hydrogen) atoms. The minimum atomic E-state index is -0.382. The number of ether oxygens (including phenoxy) is 2. The van der Waals surface area contributed by atoms with Gasteiger partial charge in [-0.05, 0) is 29.8 Å². The van der Waals surface area contributed by atoms with Gasteiger partial charge in [0.15, 0.2) is 5.78 Å². The van der Waals surface area contributed by atoms with Gasteiger partial charge >= 0.3 is 5.97 Å². The normalized spacial score (nSPS) is 16.8. The van der Waals surface area contributed by atoms with Crippen molar-refractivity contribution in [2.75, 3.05) is 7.11 Å². The first kappa shape index (κ1) is 13.4. The van der Waals surface area contributed by atoms with Gasteiger partial charge in [-0.3, -0.25) is 4.79 Å². The molecule has 3 rings (SSSR count). The minimum Gasteiger partial charge on any atom is -0.484 e. The van der Waals surface area contributed by atoms with Crippen LogP contribution in [0.1, 0.15) is 38.8 Å². The lowest BCUT2D eigenvalue weighted by atomic mass is 9.96. The van der Waals surface area contributed by atoms with Crippen molar-refractivity contribution in [1.29, 1.82) is 0 Å². The van der Waals surface area contributed by atoms with Crippen molar-refractivity contribution >= 4 is 11.8 Å². The van der Waals surface area contributed by atoms with E-state index in [-0.39, 0.29) is 17.9 Å². The molecule has 0 aliphatic carbocycles. The molecule has 2 aromatic carbocycles. The third-order valence-electron chi connectivity index (χ3n) is 3.53. The Morgan fingerprint density at radius 1 is 1.14 bits per heavy atom. The lowest BCUT2D eigenvalue weighted by molar-refractivity contribution is 0.0600. The highest BCUT2D eigenvalue weighted by Gasteiger charge is 2.27. The summed E-state index contributed by atoms with van der Waals surface area (Å²) in [6.07, 6.45) is -0.0201. The van der Waals surface area contributed by atoms with Crippen LogP contribution in [0, 0.1) is 0 Å². The number of para-hydroxylation sites is 1. The smallest absolute Gasteiger partial charge is 0.337 e. The predicted molar refractivity (Wildman–Crippen MR) is 76.5 cm³/mol. The van der Waals surface area contributed by atoms with Crippen molar-refractivity contribution in [3.8, 4) is 5.75 Å². The first-order chi connectivity index (χ1) is 10.2. The number of hydrogen-bond donors (Lipinski definition) is 0. The summed E-state index contributed by atoms with van der Waals surface area (Å²) < 4.78 is 10.5. The maximum Gasteiger partial charge on any atom is 0.337 e. The third kappa shape index (κ3) is 2.52. The third-order valence-corrected chi connectivity index (χ3v) is 3.53. The van der Waals surface area contributed by atoms with Gasteiger partial charge in [-0.15, -0.1) is 0 Å². The Kier molecular flexibility index (Phi) is 3.44. The Morgan fingerprint density at radius 3 is 2.57 bits per heavy atom. The molecule has 1 aliphatic rings. The zero-order chi connectivity index (χ0) is 14.8. The van der Waals surface area contributed by atoms with E-state index in [0.29, 0.717) is 23.3 Å². The maximum atomic E-state index is 12.1. The lowest BCUT2D eigenvalue weighted by Gasteiger charge is -2.25. The van der Waals surface area contributed by atoms with Gasteiger partial charge in [0.25, 0.3) is 0 Å². The second-order valence-corrected chi connectivity index (χ2v) is 4.84. The first-order valence-corrected chi connectivity index (χ1v) is 6.66. The average Bonchev–Trinajstić information content (AvgIpc) is 2.54. The Balaban J connectivity index is 1.86. The van der Waals surface area contributed by atoms with Crippen LogP contribution in [0.15, 0.2) is 48.5 Å². The molecule has 0 bridgehead atoms. The van der Waals surface area contributed by atoms with Gasteiger partial charge in [-0.1, -0.05) is 24.3 Å². The lowest BCUT2D eigenvalue weighted by Crippen LogP contribution is -2.20. The number of hydrogen-bond acceptors (Lipinski definition) is 4. The number of benzene rings is 2. The van der Waals surface area contributed by atoms with Crippen LogP contribution in [0.25, 0.3) is 0 Å². The number of carbonyl (C=O) groups excluding carboxylic acids is 2. The first-order valence-electron chi connectivity index (χ1n) is 6.66. The quantitative estimate of drug-likeness (QED) is 0.794. The van der Waals surface area contributed by atoms with Crippen LogP contribution in [-0.4, -0.2) is 18.9 Å². The highest BCUT2D eigenvalue weighted by molar-refractivity contribution is 6.00. The van der Waals surface area contributed by atoms with Crippen LogP contribution in [-0.2, 0) is 4.74 Å². The molecule has 0 aromatic heterocycles. The van der Waals surface area contributed by atoms with Gasteiger partial charge in [0.1, 0.15) is 11.9 Å². The van der Waals surface area contributed by atoms with Crippen molar-refractivity contribution in [3.63, 3.8) is 0 Å².